The molecule has 5 nitrogen and oxygen atoms in total. The van der Waals surface area contributed by atoms with Gasteiger partial charge in [-0.2, -0.15) is 0 Å². The summed E-state index contributed by atoms with van der Waals surface area (Å²) in [6.45, 7) is 0. The number of benzene rings is 1. The average Bonchev–Trinajstić information content (AvgIpc) is 2.41. The van der Waals surface area contributed by atoms with Crippen LogP contribution < -0.4 is 10.0 Å². The van der Waals surface area contributed by atoms with E-state index in [1.807, 2.05) is 0 Å². The Morgan fingerprint density at radius 2 is 1.84 bits per heavy atom. The zero-order valence-corrected chi connectivity index (χ0v) is 11.3. The summed E-state index contributed by atoms with van der Waals surface area (Å²) in [6.07, 6.45) is 1.56. The van der Waals surface area contributed by atoms with E-state index in [-0.39, 0.29) is 5.75 Å². The Bertz CT molecular complexity index is 639. The summed E-state index contributed by atoms with van der Waals surface area (Å²) in [5.41, 5.74) is 6.87. The van der Waals surface area contributed by atoms with E-state index in [1.54, 1.807) is 48.7 Å². The Hall–Kier alpha value is -2.08. The molecule has 6 heteroatoms. The monoisotopic (exact) mass is 277 g/mol. The van der Waals surface area contributed by atoms with Crippen LogP contribution >= 0.6 is 0 Å². The van der Waals surface area contributed by atoms with Gasteiger partial charge in [-0.1, -0.05) is 18.2 Å². The van der Waals surface area contributed by atoms with E-state index in [0.717, 1.165) is 0 Å². The van der Waals surface area contributed by atoms with Crippen LogP contribution in [0, 0.1) is 0 Å². The summed E-state index contributed by atoms with van der Waals surface area (Å²) in [5, 5.41) is 0. The highest BCUT2D eigenvalue weighted by Gasteiger charge is 2.19. The molecule has 0 bridgehead atoms. The summed E-state index contributed by atoms with van der Waals surface area (Å²) >= 11 is 0. The predicted octanol–water partition coefficient (Wildman–Crippen LogP) is 1.63. The predicted molar refractivity (Wildman–Crippen MR) is 76.1 cm³/mol. The molecule has 0 saturated carbocycles. The SMILES string of the molecule is CN(c1ccccn1)S(=O)(=O)Cc1ccc(N)cc1. The van der Waals surface area contributed by atoms with E-state index in [1.165, 1.54) is 11.4 Å². The van der Waals surface area contributed by atoms with Crippen LogP contribution in [0.3, 0.4) is 0 Å². The molecule has 1 aromatic carbocycles. The molecule has 0 fully saturated rings. The number of nitrogens with two attached hydrogens (primary N) is 1. The van der Waals surface area contributed by atoms with Gasteiger partial charge in [0.1, 0.15) is 5.82 Å². The minimum Gasteiger partial charge on any atom is -0.399 e. The molecule has 0 radical (unpaired) electrons. The van der Waals surface area contributed by atoms with Gasteiger partial charge in [0.25, 0.3) is 0 Å². The third-order valence-electron chi connectivity index (χ3n) is 2.72. The van der Waals surface area contributed by atoms with Crippen LogP contribution in [0.1, 0.15) is 5.56 Å². The molecule has 19 heavy (non-hydrogen) atoms. The smallest absolute Gasteiger partial charge is 0.240 e. The normalized spacial score (nSPS) is 11.2. The van der Waals surface area contributed by atoms with Crippen molar-refractivity contribution < 1.29 is 8.42 Å². The number of rotatable bonds is 4. The Balaban J connectivity index is 2.21. The topological polar surface area (TPSA) is 76.3 Å². The maximum Gasteiger partial charge on any atom is 0.240 e. The molecule has 0 aliphatic carbocycles. The van der Waals surface area contributed by atoms with E-state index < -0.39 is 10.0 Å². The highest BCUT2D eigenvalue weighted by atomic mass is 32.2. The van der Waals surface area contributed by atoms with E-state index >= 15 is 0 Å². The fourth-order valence-electron chi connectivity index (χ4n) is 1.60. The Kier molecular flexibility index (Phi) is 3.71. The molecule has 100 valence electrons. The highest BCUT2D eigenvalue weighted by molar-refractivity contribution is 7.92. The van der Waals surface area contributed by atoms with Crippen molar-refractivity contribution in [1.29, 1.82) is 0 Å². The van der Waals surface area contributed by atoms with Gasteiger partial charge < -0.3 is 5.73 Å². The van der Waals surface area contributed by atoms with E-state index in [4.69, 9.17) is 5.73 Å². The minimum absolute atomic E-state index is 0.0830. The maximum absolute atomic E-state index is 12.2. The second-order valence-corrected chi connectivity index (χ2v) is 6.15. The van der Waals surface area contributed by atoms with E-state index in [2.05, 4.69) is 4.98 Å². The van der Waals surface area contributed by atoms with Crippen LogP contribution in [0.25, 0.3) is 0 Å². The zero-order valence-electron chi connectivity index (χ0n) is 10.5. The lowest BCUT2D eigenvalue weighted by Gasteiger charge is -2.18. The molecule has 0 aliphatic heterocycles. The quantitative estimate of drug-likeness (QED) is 0.862. The van der Waals surface area contributed by atoms with Gasteiger partial charge in [0, 0.05) is 18.9 Å². The van der Waals surface area contributed by atoms with Crippen molar-refractivity contribution >= 4 is 21.5 Å². The first-order chi connectivity index (χ1) is 8.99. The summed E-state index contributed by atoms with van der Waals surface area (Å²) in [5.74, 6) is 0.318. The molecule has 0 amide bonds. The Morgan fingerprint density at radius 1 is 1.16 bits per heavy atom. The fraction of sp³-hybridized carbons (Fsp3) is 0.154. The van der Waals surface area contributed by atoms with Gasteiger partial charge in [-0.05, 0) is 29.8 Å². The van der Waals surface area contributed by atoms with Crippen molar-refractivity contribution in [2.24, 2.45) is 0 Å². The molecule has 0 saturated heterocycles. The zero-order chi connectivity index (χ0) is 13.9. The van der Waals surface area contributed by atoms with Crippen molar-refractivity contribution in [2.75, 3.05) is 17.1 Å². The molecule has 0 aliphatic rings. The molecule has 0 spiro atoms. The van der Waals surface area contributed by atoms with Crippen molar-refractivity contribution in [3.8, 4) is 0 Å². The number of hydrogen-bond donors (Lipinski definition) is 1. The molecular weight excluding hydrogens is 262 g/mol. The number of aromatic nitrogens is 1. The standard InChI is InChI=1S/C13H15N3O2S/c1-16(13-4-2-3-9-15-13)19(17,18)10-11-5-7-12(14)8-6-11/h2-9H,10,14H2,1H3. The van der Waals surface area contributed by atoms with Crippen LogP contribution in [0.5, 0.6) is 0 Å². The number of hydrogen-bond acceptors (Lipinski definition) is 4. The van der Waals surface area contributed by atoms with Gasteiger partial charge in [-0.25, -0.2) is 13.4 Å². The van der Waals surface area contributed by atoms with E-state index in [0.29, 0.717) is 17.1 Å². The van der Waals surface area contributed by atoms with Gasteiger partial charge >= 0.3 is 0 Å². The summed E-state index contributed by atoms with van der Waals surface area (Å²) in [6, 6.07) is 11.9. The van der Waals surface area contributed by atoms with Gasteiger partial charge in [-0.3, -0.25) is 4.31 Å². The van der Waals surface area contributed by atoms with Gasteiger partial charge in [0.15, 0.2) is 0 Å². The molecule has 0 unspecified atom stereocenters. The van der Waals surface area contributed by atoms with Crippen molar-refractivity contribution in [2.45, 2.75) is 5.75 Å². The van der Waals surface area contributed by atoms with Gasteiger partial charge in [0.05, 0.1) is 5.75 Å². The third kappa shape index (κ3) is 3.23. The van der Waals surface area contributed by atoms with Crippen LogP contribution in [0.4, 0.5) is 11.5 Å². The van der Waals surface area contributed by atoms with Crippen LogP contribution in [-0.4, -0.2) is 20.4 Å². The van der Waals surface area contributed by atoms with Gasteiger partial charge in [0.2, 0.25) is 10.0 Å². The number of nitrogens with zero attached hydrogens (tertiary/aromatic N) is 2. The third-order valence-corrected chi connectivity index (χ3v) is 4.44. The lowest BCUT2D eigenvalue weighted by atomic mass is 10.2. The Morgan fingerprint density at radius 3 is 2.42 bits per heavy atom. The molecule has 1 aromatic heterocycles. The summed E-state index contributed by atoms with van der Waals surface area (Å²) in [4.78, 5) is 4.03. The lowest BCUT2D eigenvalue weighted by molar-refractivity contribution is 0.593. The average molecular weight is 277 g/mol. The van der Waals surface area contributed by atoms with E-state index in [9.17, 15) is 8.42 Å². The number of nitrogen functional groups attached to an aromatic ring is 1. The first-order valence-corrected chi connectivity index (χ1v) is 7.32. The summed E-state index contributed by atoms with van der Waals surface area (Å²) in [7, 11) is -1.95. The number of anilines is 2. The Labute approximate surface area is 112 Å². The fourth-order valence-corrected chi connectivity index (χ4v) is 2.80. The van der Waals surface area contributed by atoms with Gasteiger partial charge in [-0.15, -0.1) is 0 Å². The second kappa shape index (κ2) is 5.27. The van der Waals surface area contributed by atoms with Crippen LogP contribution in [0.15, 0.2) is 48.7 Å². The van der Waals surface area contributed by atoms with Crippen molar-refractivity contribution in [1.82, 2.24) is 4.98 Å². The molecule has 2 rings (SSSR count). The molecule has 1 heterocycles. The first-order valence-electron chi connectivity index (χ1n) is 5.71. The molecule has 2 N–H and O–H groups in total. The lowest BCUT2D eigenvalue weighted by Crippen LogP contribution is -2.28. The molecular formula is C13H15N3O2S. The number of pyridine rings is 1. The molecule has 0 atom stereocenters. The maximum atomic E-state index is 12.2. The summed E-state index contributed by atoms with van der Waals surface area (Å²) < 4.78 is 25.7. The first kappa shape index (κ1) is 13.4. The molecule has 2 aromatic rings. The van der Waals surface area contributed by atoms with Crippen LogP contribution in [-0.2, 0) is 15.8 Å². The number of sulfonamides is 1. The minimum atomic E-state index is -3.45. The highest BCUT2D eigenvalue weighted by Crippen LogP contribution is 2.16. The van der Waals surface area contributed by atoms with Crippen LogP contribution in [0.2, 0.25) is 0 Å². The van der Waals surface area contributed by atoms with Crippen molar-refractivity contribution in [3.05, 3.63) is 54.2 Å². The second-order valence-electron chi connectivity index (χ2n) is 4.15. The van der Waals surface area contributed by atoms with Crippen molar-refractivity contribution in [3.63, 3.8) is 0 Å². The largest absolute Gasteiger partial charge is 0.399 e.